The van der Waals surface area contributed by atoms with Gasteiger partial charge in [-0.25, -0.2) is 0 Å². The molecule has 0 saturated carbocycles. The summed E-state index contributed by atoms with van der Waals surface area (Å²) >= 11 is 0. The molecule has 2 atom stereocenters. The average molecular weight is 945 g/mol. The summed E-state index contributed by atoms with van der Waals surface area (Å²) in [4.78, 5) is 24.5. The summed E-state index contributed by atoms with van der Waals surface area (Å²) in [5.41, 5.74) is 0. The first-order valence-electron chi connectivity index (χ1n) is 30.1. The minimum atomic E-state index is -0.853. The second-order valence-electron chi connectivity index (χ2n) is 20.7. The Kier molecular flexibility index (Phi) is 55.5. The molecule has 0 radical (unpaired) electrons. The number of nitrogens with one attached hydrogen (secondary N) is 1. The van der Waals surface area contributed by atoms with Gasteiger partial charge in [-0.3, -0.25) is 9.59 Å². The van der Waals surface area contributed by atoms with Gasteiger partial charge in [-0.2, -0.15) is 0 Å². The smallest absolute Gasteiger partial charge is 0.305 e. The molecule has 6 heteroatoms. The summed E-state index contributed by atoms with van der Waals surface area (Å²) < 4.78 is 5.47. The van der Waals surface area contributed by atoms with Crippen LogP contribution in [0.25, 0.3) is 0 Å². The highest BCUT2D eigenvalue weighted by Gasteiger charge is 2.18. The van der Waals surface area contributed by atoms with Crippen molar-refractivity contribution in [3.8, 4) is 0 Å². The van der Waals surface area contributed by atoms with Crippen LogP contribution >= 0.6 is 0 Å². The van der Waals surface area contributed by atoms with Gasteiger partial charge < -0.3 is 20.3 Å². The van der Waals surface area contributed by atoms with Gasteiger partial charge in [0.15, 0.2) is 0 Å². The number of ether oxygens (including phenoxy) is 1. The van der Waals surface area contributed by atoms with Crippen LogP contribution in [-0.4, -0.2) is 47.4 Å². The van der Waals surface area contributed by atoms with E-state index in [1.807, 2.05) is 6.08 Å². The lowest BCUT2D eigenvalue weighted by Gasteiger charge is -2.20. The second-order valence-corrected chi connectivity index (χ2v) is 20.7. The van der Waals surface area contributed by atoms with E-state index in [1.165, 1.54) is 244 Å². The van der Waals surface area contributed by atoms with Gasteiger partial charge in [0, 0.05) is 12.8 Å². The number of esters is 1. The van der Waals surface area contributed by atoms with Crippen LogP contribution in [0.4, 0.5) is 0 Å². The molecular weight excluding hydrogens is 827 g/mol. The second kappa shape index (κ2) is 56.9. The van der Waals surface area contributed by atoms with Gasteiger partial charge in [-0.15, -0.1) is 0 Å². The third kappa shape index (κ3) is 53.5. The zero-order valence-electron chi connectivity index (χ0n) is 45.1. The maximum absolute atomic E-state index is 12.5. The molecular formula is C61H117NO5. The molecule has 3 N–H and O–H groups in total. The molecule has 0 heterocycles. The van der Waals surface area contributed by atoms with Crippen molar-refractivity contribution in [1.82, 2.24) is 5.32 Å². The highest BCUT2D eigenvalue weighted by Crippen LogP contribution is 2.17. The summed E-state index contributed by atoms with van der Waals surface area (Å²) in [7, 11) is 0. The van der Waals surface area contributed by atoms with Gasteiger partial charge in [0.2, 0.25) is 5.91 Å². The quantitative estimate of drug-likeness (QED) is 0.0321. The van der Waals surface area contributed by atoms with Gasteiger partial charge in [-0.05, 0) is 57.8 Å². The third-order valence-corrected chi connectivity index (χ3v) is 14.0. The molecule has 0 aliphatic heterocycles. The van der Waals surface area contributed by atoms with Crippen molar-refractivity contribution in [3.05, 3.63) is 24.3 Å². The van der Waals surface area contributed by atoms with E-state index in [0.29, 0.717) is 19.4 Å². The molecule has 0 saturated heterocycles. The van der Waals surface area contributed by atoms with Crippen molar-refractivity contribution in [2.45, 2.75) is 341 Å². The van der Waals surface area contributed by atoms with Crippen LogP contribution in [0.5, 0.6) is 0 Å². The van der Waals surface area contributed by atoms with E-state index < -0.39 is 12.1 Å². The maximum Gasteiger partial charge on any atom is 0.305 e. The zero-order valence-corrected chi connectivity index (χ0v) is 45.1. The third-order valence-electron chi connectivity index (χ3n) is 14.0. The molecule has 0 aromatic heterocycles. The lowest BCUT2D eigenvalue weighted by Crippen LogP contribution is -2.45. The monoisotopic (exact) mass is 944 g/mol. The minimum absolute atomic E-state index is 0.0114. The predicted molar refractivity (Wildman–Crippen MR) is 292 cm³/mol. The molecule has 0 spiro atoms. The molecule has 2 unspecified atom stereocenters. The van der Waals surface area contributed by atoms with E-state index in [-0.39, 0.29) is 18.5 Å². The van der Waals surface area contributed by atoms with Crippen LogP contribution in [0.3, 0.4) is 0 Å². The van der Waals surface area contributed by atoms with Gasteiger partial charge in [0.05, 0.1) is 25.4 Å². The number of unbranched alkanes of at least 4 members (excludes halogenated alkanes) is 43. The molecule has 0 aromatic rings. The molecule has 0 aromatic carbocycles. The number of allylic oxidation sites excluding steroid dienone is 3. The number of aliphatic hydroxyl groups excluding tert-OH is 2. The summed E-state index contributed by atoms with van der Waals surface area (Å²) in [5.74, 6) is -0.0871. The van der Waals surface area contributed by atoms with Crippen molar-refractivity contribution >= 4 is 11.9 Å². The largest absolute Gasteiger partial charge is 0.466 e. The Balaban J connectivity index is 3.47. The van der Waals surface area contributed by atoms with Crippen LogP contribution < -0.4 is 5.32 Å². The van der Waals surface area contributed by atoms with Gasteiger partial charge in [0.25, 0.3) is 0 Å². The first kappa shape index (κ1) is 65.3. The zero-order chi connectivity index (χ0) is 48.6. The molecule has 396 valence electrons. The summed E-state index contributed by atoms with van der Waals surface area (Å²) in [5, 5.41) is 23.2. The number of hydrogen-bond donors (Lipinski definition) is 3. The predicted octanol–water partition coefficient (Wildman–Crippen LogP) is 18.6. The molecule has 0 aliphatic rings. The van der Waals surface area contributed by atoms with Crippen LogP contribution in [0, 0.1) is 0 Å². The highest BCUT2D eigenvalue weighted by atomic mass is 16.5. The Morgan fingerprint density at radius 2 is 0.701 bits per heavy atom. The first-order valence-corrected chi connectivity index (χ1v) is 30.1. The number of rotatable bonds is 56. The minimum Gasteiger partial charge on any atom is -0.466 e. The Morgan fingerprint density at radius 3 is 1.06 bits per heavy atom. The highest BCUT2D eigenvalue weighted by molar-refractivity contribution is 5.76. The SMILES string of the molecule is CCCCCCC/C=C\CCCCCCCC(=O)OCCCCCCCCCCCCCCCCC(=O)NC(CO)C(O)/C=C/CCCCCCCCCCCCCCCCCCCCCC. The lowest BCUT2D eigenvalue weighted by atomic mass is 10.0. The summed E-state index contributed by atoms with van der Waals surface area (Å²) in [6, 6.07) is -0.637. The topological polar surface area (TPSA) is 95.9 Å². The van der Waals surface area contributed by atoms with Crippen LogP contribution in [0.15, 0.2) is 24.3 Å². The van der Waals surface area contributed by atoms with Crippen molar-refractivity contribution in [3.63, 3.8) is 0 Å². The van der Waals surface area contributed by atoms with E-state index in [1.54, 1.807) is 6.08 Å². The lowest BCUT2D eigenvalue weighted by molar-refractivity contribution is -0.143. The first-order chi connectivity index (χ1) is 33.0. The Morgan fingerprint density at radius 1 is 0.403 bits per heavy atom. The fourth-order valence-corrected chi connectivity index (χ4v) is 9.34. The van der Waals surface area contributed by atoms with Crippen molar-refractivity contribution < 1.29 is 24.5 Å². The molecule has 67 heavy (non-hydrogen) atoms. The number of carbonyl (C=O) groups is 2. The Labute approximate surface area is 418 Å². The van der Waals surface area contributed by atoms with Crippen molar-refractivity contribution in [2.75, 3.05) is 13.2 Å². The van der Waals surface area contributed by atoms with E-state index in [2.05, 4.69) is 31.3 Å². The van der Waals surface area contributed by atoms with Crippen molar-refractivity contribution in [1.29, 1.82) is 0 Å². The van der Waals surface area contributed by atoms with Crippen LogP contribution in [0.1, 0.15) is 328 Å². The molecule has 6 nitrogen and oxygen atoms in total. The van der Waals surface area contributed by atoms with Gasteiger partial charge in [0.1, 0.15) is 0 Å². The molecule has 0 aliphatic carbocycles. The molecule has 0 bridgehead atoms. The Hall–Kier alpha value is -1.66. The normalized spacial score (nSPS) is 12.7. The average Bonchev–Trinajstić information content (AvgIpc) is 3.33. The maximum atomic E-state index is 12.5. The van der Waals surface area contributed by atoms with E-state index in [4.69, 9.17) is 4.74 Å². The van der Waals surface area contributed by atoms with Gasteiger partial charge in [-0.1, -0.05) is 282 Å². The number of carbonyl (C=O) groups excluding carboxylic acids is 2. The fourth-order valence-electron chi connectivity index (χ4n) is 9.34. The molecule has 0 rings (SSSR count). The van der Waals surface area contributed by atoms with Gasteiger partial charge >= 0.3 is 5.97 Å². The number of amides is 1. The summed E-state index contributed by atoms with van der Waals surface area (Å²) in [6.07, 6.45) is 69.1. The van der Waals surface area contributed by atoms with E-state index in [9.17, 15) is 19.8 Å². The van der Waals surface area contributed by atoms with E-state index in [0.717, 1.165) is 57.8 Å². The fraction of sp³-hybridized carbons (Fsp3) is 0.902. The molecule has 1 amide bonds. The molecule has 0 fully saturated rings. The standard InChI is InChI=1S/C61H117NO5/c1-3-5-7-9-11-13-15-17-19-20-21-22-23-24-25-26-29-33-37-41-45-49-53-59(64)58(57-63)62-60(65)54-50-46-42-38-34-30-27-28-32-36-40-44-48-52-56-67-61(66)55-51-47-43-39-35-31-18-16-14-12-10-8-6-4-2/h16,18,49,53,58-59,63-64H,3-15,17,19-48,50-52,54-57H2,1-2H3,(H,62,65)/b18-16-,53-49+. The van der Waals surface area contributed by atoms with Crippen molar-refractivity contribution in [2.24, 2.45) is 0 Å². The Bertz CT molecular complexity index is 1040. The summed E-state index contributed by atoms with van der Waals surface area (Å²) in [6.45, 7) is 4.89. The number of aliphatic hydroxyl groups is 2. The van der Waals surface area contributed by atoms with E-state index >= 15 is 0 Å². The number of hydrogen-bond acceptors (Lipinski definition) is 5. The van der Waals surface area contributed by atoms with Crippen LogP contribution in [0.2, 0.25) is 0 Å². The van der Waals surface area contributed by atoms with Crippen LogP contribution in [-0.2, 0) is 14.3 Å².